The van der Waals surface area contributed by atoms with Crippen LogP contribution in [0.5, 0.6) is 0 Å². The normalized spacial score (nSPS) is 10.4. The maximum Gasteiger partial charge on any atom is 0.221 e. The van der Waals surface area contributed by atoms with Crippen molar-refractivity contribution in [3.05, 3.63) is 24.3 Å². The highest BCUT2D eigenvalue weighted by Crippen LogP contribution is 2.16. The number of carbonyl (C=O) groups is 1. The Balaban J connectivity index is 2.52. The Kier molecular flexibility index (Phi) is 5.49. The van der Waals surface area contributed by atoms with E-state index in [0.29, 0.717) is 6.42 Å². The molecule has 0 fully saturated rings. The quantitative estimate of drug-likeness (QED) is 0.758. The van der Waals surface area contributed by atoms with Crippen molar-refractivity contribution in [1.29, 1.82) is 0 Å². The smallest absolute Gasteiger partial charge is 0.221 e. The molecule has 0 aliphatic carbocycles. The molecule has 0 aliphatic rings. The maximum absolute atomic E-state index is 11.6. The standard InChI is InChI=1S/C14H23N3O/c1-4-17(10-9-14(18)16-11(2)3)13-7-5-12(15)6-8-13/h5-8,11H,4,9-10,15H2,1-3H3,(H,16,18). The number of amides is 1. The van der Waals surface area contributed by atoms with Gasteiger partial charge in [0.25, 0.3) is 0 Å². The van der Waals surface area contributed by atoms with Gasteiger partial charge in [-0.2, -0.15) is 0 Å². The van der Waals surface area contributed by atoms with Gasteiger partial charge in [-0.05, 0) is 45.0 Å². The van der Waals surface area contributed by atoms with Crippen LogP contribution in [0.2, 0.25) is 0 Å². The van der Waals surface area contributed by atoms with E-state index in [4.69, 9.17) is 5.73 Å². The highest BCUT2D eigenvalue weighted by atomic mass is 16.1. The van der Waals surface area contributed by atoms with Crippen LogP contribution in [-0.4, -0.2) is 25.0 Å². The van der Waals surface area contributed by atoms with Crippen LogP contribution >= 0.6 is 0 Å². The first-order chi connectivity index (χ1) is 8.52. The van der Waals surface area contributed by atoms with Crippen LogP contribution in [0.4, 0.5) is 11.4 Å². The van der Waals surface area contributed by atoms with Gasteiger partial charge in [-0.1, -0.05) is 0 Å². The average Bonchev–Trinajstić information content (AvgIpc) is 2.31. The van der Waals surface area contributed by atoms with Crippen molar-refractivity contribution >= 4 is 17.3 Å². The number of hydrogen-bond donors (Lipinski definition) is 2. The van der Waals surface area contributed by atoms with Gasteiger partial charge >= 0.3 is 0 Å². The van der Waals surface area contributed by atoms with Crippen LogP contribution in [0, 0.1) is 0 Å². The second-order valence-corrected chi connectivity index (χ2v) is 4.64. The maximum atomic E-state index is 11.6. The Hall–Kier alpha value is -1.71. The molecule has 1 rings (SSSR count). The fourth-order valence-corrected chi connectivity index (χ4v) is 1.79. The fourth-order valence-electron chi connectivity index (χ4n) is 1.79. The van der Waals surface area contributed by atoms with Crippen LogP contribution in [-0.2, 0) is 4.79 Å². The first-order valence-corrected chi connectivity index (χ1v) is 6.42. The molecule has 0 radical (unpaired) electrons. The third kappa shape index (κ3) is 4.65. The van der Waals surface area contributed by atoms with Crippen molar-refractivity contribution in [2.45, 2.75) is 33.2 Å². The minimum absolute atomic E-state index is 0.0962. The summed E-state index contributed by atoms with van der Waals surface area (Å²) in [5.74, 6) is 0.0962. The molecule has 4 nitrogen and oxygen atoms in total. The van der Waals surface area contributed by atoms with E-state index in [9.17, 15) is 4.79 Å². The highest BCUT2D eigenvalue weighted by molar-refractivity contribution is 5.76. The lowest BCUT2D eigenvalue weighted by atomic mass is 10.2. The van der Waals surface area contributed by atoms with Gasteiger partial charge in [0.05, 0.1) is 0 Å². The van der Waals surface area contributed by atoms with Crippen molar-refractivity contribution in [3.63, 3.8) is 0 Å². The zero-order chi connectivity index (χ0) is 13.5. The van der Waals surface area contributed by atoms with Gasteiger partial charge in [0.15, 0.2) is 0 Å². The molecule has 3 N–H and O–H groups in total. The van der Waals surface area contributed by atoms with Crippen LogP contribution in [0.3, 0.4) is 0 Å². The SMILES string of the molecule is CCN(CCC(=O)NC(C)C)c1ccc(N)cc1. The molecule has 1 amide bonds. The first-order valence-electron chi connectivity index (χ1n) is 6.42. The molecular formula is C14H23N3O. The minimum atomic E-state index is 0.0962. The molecule has 0 heterocycles. The third-order valence-corrected chi connectivity index (χ3v) is 2.70. The summed E-state index contributed by atoms with van der Waals surface area (Å²) in [7, 11) is 0. The molecule has 100 valence electrons. The van der Waals surface area contributed by atoms with Crippen LogP contribution in [0.25, 0.3) is 0 Å². The van der Waals surface area contributed by atoms with Crippen molar-refractivity contribution in [3.8, 4) is 0 Å². The van der Waals surface area contributed by atoms with Gasteiger partial charge in [-0.3, -0.25) is 4.79 Å². The molecule has 1 aromatic carbocycles. The minimum Gasteiger partial charge on any atom is -0.399 e. The monoisotopic (exact) mass is 249 g/mol. The summed E-state index contributed by atoms with van der Waals surface area (Å²) in [6, 6.07) is 7.93. The molecule has 0 aromatic heterocycles. The first kappa shape index (κ1) is 14.4. The number of nitrogens with one attached hydrogen (secondary N) is 1. The Labute approximate surface area is 109 Å². The lowest BCUT2D eigenvalue weighted by Gasteiger charge is -2.23. The number of anilines is 2. The van der Waals surface area contributed by atoms with E-state index in [2.05, 4.69) is 17.1 Å². The topological polar surface area (TPSA) is 58.4 Å². The molecule has 0 spiro atoms. The van der Waals surface area contributed by atoms with Crippen molar-refractivity contribution in [2.24, 2.45) is 0 Å². The Morgan fingerprint density at radius 1 is 1.33 bits per heavy atom. The number of nitrogens with two attached hydrogens (primary N) is 1. The van der Waals surface area contributed by atoms with Gasteiger partial charge in [-0.25, -0.2) is 0 Å². The lowest BCUT2D eigenvalue weighted by Crippen LogP contribution is -2.34. The van der Waals surface area contributed by atoms with Gasteiger partial charge in [0, 0.05) is 36.9 Å². The van der Waals surface area contributed by atoms with Gasteiger partial charge in [0.1, 0.15) is 0 Å². The second kappa shape index (κ2) is 6.89. The zero-order valence-electron chi connectivity index (χ0n) is 11.4. The predicted molar refractivity (Wildman–Crippen MR) is 76.6 cm³/mol. The number of rotatable bonds is 6. The molecule has 18 heavy (non-hydrogen) atoms. The Morgan fingerprint density at radius 2 is 1.94 bits per heavy atom. The molecule has 0 atom stereocenters. The summed E-state index contributed by atoms with van der Waals surface area (Å²) in [6.07, 6.45) is 0.510. The summed E-state index contributed by atoms with van der Waals surface area (Å²) in [5, 5.41) is 2.90. The van der Waals surface area contributed by atoms with Gasteiger partial charge in [-0.15, -0.1) is 0 Å². The van der Waals surface area contributed by atoms with Gasteiger partial charge in [0.2, 0.25) is 5.91 Å². The van der Waals surface area contributed by atoms with E-state index in [1.54, 1.807) is 0 Å². The summed E-state index contributed by atoms with van der Waals surface area (Å²) >= 11 is 0. The number of hydrogen-bond acceptors (Lipinski definition) is 3. The number of benzene rings is 1. The highest BCUT2D eigenvalue weighted by Gasteiger charge is 2.08. The Morgan fingerprint density at radius 3 is 2.44 bits per heavy atom. The van der Waals surface area contributed by atoms with Crippen molar-refractivity contribution in [1.82, 2.24) is 5.32 Å². The Bertz CT molecular complexity index is 373. The molecule has 0 bridgehead atoms. The van der Waals surface area contributed by atoms with E-state index < -0.39 is 0 Å². The summed E-state index contributed by atoms with van der Waals surface area (Å²) in [6.45, 7) is 7.61. The predicted octanol–water partition coefficient (Wildman–Crippen LogP) is 2.01. The van der Waals surface area contributed by atoms with Crippen LogP contribution in [0.1, 0.15) is 27.2 Å². The molecule has 0 unspecified atom stereocenters. The average molecular weight is 249 g/mol. The lowest BCUT2D eigenvalue weighted by molar-refractivity contribution is -0.121. The molecule has 1 aromatic rings. The number of nitrogens with zero attached hydrogens (tertiary/aromatic N) is 1. The van der Waals surface area contributed by atoms with Crippen LogP contribution < -0.4 is 16.0 Å². The zero-order valence-corrected chi connectivity index (χ0v) is 11.4. The molecule has 4 heteroatoms. The molecule has 0 saturated heterocycles. The second-order valence-electron chi connectivity index (χ2n) is 4.64. The summed E-state index contributed by atoms with van der Waals surface area (Å²) in [4.78, 5) is 13.8. The van der Waals surface area contributed by atoms with Crippen molar-refractivity contribution < 1.29 is 4.79 Å². The molecule has 0 aliphatic heterocycles. The number of nitrogen functional groups attached to an aromatic ring is 1. The van der Waals surface area contributed by atoms with E-state index in [0.717, 1.165) is 24.5 Å². The third-order valence-electron chi connectivity index (χ3n) is 2.70. The summed E-state index contributed by atoms with van der Waals surface area (Å²) in [5.41, 5.74) is 7.52. The van der Waals surface area contributed by atoms with Gasteiger partial charge < -0.3 is 16.0 Å². The molecule has 0 saturated carbocycles. The molecular weight excluding hydrogens is 226 g/mol. The van der Waals surface area contributed by atoms with E-state index in [-0.39, 0.29) is 11.9 Å². The fraction of sp³-hybridized carbons (Fsp3) is 0.500. The van der Waals surface area contributed by atoms with Crippen molar-refractivity contribution in [2.75, 3.05) is 23.7 Å². The summed E-state index contributed by atoms with van der Waals surface area (Å²) < 4.78 is 0. The largest absolute Gasteiger partial charge is 0.399 e. The number of carbonyl (C=O) groups excluding carboxylic acids is 1. The van der Waals surface area contributed by atoms with E-state index in [1.165, 1.54) is 0 Å². The van der Waals surface area contributed by atoms with E-state index in [1.807, 2.05) is 38.1 Å². The van der Waals surface area contributed by atoms with Crippen LogP contribution in [0.15, 0.2) is 24.3 Å². The van der Waals surface area contributed by atoms with E-state index >= 15 is 0 Å².